The van der Waals surface area contributed by atoms with Crippen LogP contribution in [0.25, 0.3) is 99.9 Å². The van der Waals surface area contributed by atoms with Gasteiger partial charge in [0.1, 0.15) is 28.0 Å². The minimum Gasteiger partial charge on any atom is -0.444 e. The van der Waals surface area contributed by atoms with Crippen LogP contribution < -0.4 is 27.8 Å². The van der Waals surface area contributed by atoms with Gasteiger partial charge in [-0.3, -0.25) is 4.79 Å². The average Bonchev–Trinajstić information content (AvgIpc) is 0.792. The van der Waals surface area contributed by atoms with Crippen LogP contribution in [-0.2, 0) is 33.9 Å². The largest absolute Gasteiger partial charge is 0.446 e. The van der Waals surface area contributed by atoms with Crippen molar-refractivity contribution in [3.8, 4) is 67.2 Å². The zero-order valence-corrected chi connectivity index (χ0v) is 53.7. The fourth-order valence-corrected chi connectivity index (χ4v) is 10.0. The van der Waals surface area contributed by atoms with E-state index in [4.69, 9.17) is 58.0 Å². The van der Waals surface area contributed by atoms with Gasteiger partial charge in [0.2, 0.25) is 6.29 Å². The number of hydrogen-bond acceptors (Lipinski definition) is 14. The van der Waals surface area contributed by atoms with Gasteiger partial charge in [-0.25, -0.2) is 39.5 Å². The lowest BCUT2D eigenvalue weighted by Crippen LogP contribution is -2.32. The number of alkyl carbamates (subject to hydrolysis) is 2. The van der Waals surface area contributed by atoms with Crippen LogP contribution in [0.3, 0.4) is 0 Å². The Morgan fingerprint density at radius 3 is 1.07 bits per heavy atom. The molecule has 0 saturated heterocycles. The molecule has 0 atom stereocenters. The molecule has 12 aromatic rings. The summed E-state index contributed by atoms with van der Waals surface area (Å²) in [6.45, 7) is 12.3. The number of halogens is 4. The van der Waals surface area contributed by atoms with Crippen molar-refractivity contribution in [3.63, 3.8) is 0 Å². The molecule has 0 bridgehead atoms. The minimum atomic E-state index is -4.64. The van der Waals surface area contributed by atoms with Crippen LogP contribution >= 0.6 is 11.6 Å². The lowest BCUT2D eigenvalue weighted by molar-refractivity contribution is -0.156. The van der Waals surface area contributed by atoms with Crippen LogP contribution in [0.4, 0.5) is 34.4 Å². The second kappa shape index (κ2) is 31.7. The first-order valence-corrected chi connectivity index (χ1v) is 30.5. The van der Waals surface area contributed by atoms with Gasteiger partial charge in [0.05, 0.1) is 33.6 Å². The van der Waals surface area contributed by atoms with E-state index in [1.807, 2.05) is 187 Å². The summed E-state index contributed by atoms with van der Waals surface area (Å²) in [7, 11) is 0. The number of alkyl halides is 3. The quantitative estimate of drug-likeness (QED) is 0.0597. The number of aromatic nitrogens is 6. The molecule has 8 N–H and O–H groups in total. The number of carbonyl (C=O) groups is 3. The van der Waals surface area contributed by atoms with Crippen molar-refractivity contribution in [1.82, 2.24) is 40.5 Å². The Hall–Kier alpha value is -11.2. The summed E-state index contributed by atoms with van der Waals surface area (Å²) in [4.78, 5) is 59.8. The lowest BCUT2D eigenvalue weighted by Gasteiger charge is -2.19. The number of nitrogens with two attached hydrogens (primary N) is 3. The predicted octanol–water partition coefficient (Wildman–Crippen LogP) is 17.6. The summed E-state index contributed by atoms with van der Waals surface area (Å²) < 4.78 is 41.8. The molecule has 6 aromatic heterocycles. The van der Waals surface area contributed by atoms with E-state index in [1.54, 1.807) is 18.6 Å². The molecule has 6 heterocycles. The first-order valence-electron chi connectivity index (χ1n) is 30.1. The molecule has 0 spiro atoms. The number of rotatable bonds is 11. The van der Waals surface area contributed by atoms with Crippen molar-refractivity contribution in [2.45, 2.75) is 86.0 Å². The third-order valence-corrected chi connectivity index (χ3v) is 14.5. The number of nitrogens with zero attached hydrogens (tertiary/aromatic N) is 6. The van der Waals surface area contributed by atoms with E-state index >= 15 is 0 Å². The number of pyridine rings is 6. The molecule has 0 aliphatic rings. The topological polar surface area (TPSA) is 249 Å². The van der Waals surface area contributed by atoms with Gasteiger partial charge in [0.15, 0.2) is 0 Å². The third-order valence-electron chi connectivity index (χ3n) is 14.2. The molecule has 0 radical (unpaired) electrons. The van der Waals surface area contributed by atoms with Crippen molar-refractivity contribution < 1.29 is 37.0 Å². The second-order valence-electron chi connectivity index (χ2n) is 23.6. The highest BCUT2D eigenvalue weighted by Crippen LogP contribution is 2.38. The second-order valence-corrected chi connectivity index (χ2v) is 24.0. The number of ether oxygens (including phenoxy) is 2. The Bertz CT molecular complexity index is 4420. The highest BCUT2D eigenvalue weighted by Gasteiger charge is 2.25. The minimum absolute atomic E-state index is 0. The number of aldehydes is 1. The highest BCUT2D eigenvalue weighted by molar-refractivity contribution is 6.34. The number of nitrogens with one attached hydrogen (secondary N) is 2. The van der Waals surface area contributed by atoms with Crippen LogP contribution in [0.2, 0.25) is 5.15 Å². The number of nitrogen functional groups attached to an aromatic ring is 2. The summed E-state index contributed by atoms with van der Waals surface area (Å²) in [5.41, 5.74) is 34.1. The van der Waals surface area contributed by atoms with Crippen LogP contribution in [0, 0.1) is 0 Å². The number of amides is 2. The van der Waals surface area contributed by atoms with E-state index in [9.17, 15) is 22.8 Å². The molecular formula is C76H73ClF3N11O5. The standard InChI is InChI=1S/C26H24ClN3O2.C26H26N4O2.C21H18N4.C2HF3O.CH4/c2*1-26(2,3)32-25(31)29-16-17-9-11-19(12-10-17)23-20(18-7-5-4-6-8-18)15-21-22(30-23)13-14-28-24(21)27;22-13-14-6-8-16(9-7-14)20-17(15-4-2-1-3-5-15)12-18-19(25-20)10-11-24-21(18)23;3-2(4,5)1-6;/h4-15H,16H2,1-3H3,(H,29,31);4-15H,16H2,1-3H3,(H2,27,28)(H,29,31);1-12H,13,22H2,(H2,23,24);1H;1H4. The smallest absolute Gasteiger partial charge is 0.444 e. The number of carbonyl (C=O) groups excluding carboxylic acids is 3. The molecular weight excluding hydrogens is 1240 g/mol. The van der Waals surface area contributed by atoms with Crippen molar-refractivity contribution >= 4 is 74.4 Å². The Balaban J connectivity index is 0.000000177. The Kier molecular flexibility index (Phi) is 23.3. The zero-order valence-electron chi connectivity index (χ0n) is 53.0. The molecule has 12 rings (SSSR count). The zero-order chi connectivity index (χ0) is 67.9. The molecule has 0 aliphatic heterocycles. The molecule has 96 heavy (non-hydrogen) atoms. The van der Waals surface area contributed by atoms with Gasteiger partial charge < -0.3 is 37.3 Å². The maximum Gasteiger partial charge on any atom is 0.446 e. The third kappa shape index (κ3) is 19.2. The van der Waals surface area contributed by atoms with Gasteiger partial charge in [-0.05, 0) is 111 Å². The van der Waals surface area contributed by atoms with Gasteiger partial charge in [-0.1, -0.05) is 183 Å². The van der Waals surface area contributed by atoms with Crippen LogP contribution in [0.1, 0.15) is 65.7 Å². The van der Waals surface area contributed by atoms with E-state index in [0.29, 0.717) is 36.4 Å². The van der Waals surface area contributed by atoms with Gasteiger partial charge in [-0.15, -0.1) is 0 Å². The van der Waals surface area contributed by atoms with Crippen LogP contribution in [0.5, 0.6) is 0 Å². The van der Waals surface area contributed by atoms with Gasteiger partial charge in [0.25, 0.3) is 0 Å². The van der Waals surface area contributed by atoms with Crippen molar-refractivity contribution in [1.29, 1.82) is 0 Å². The molecule has 20 heteroatoms. The van der Waals surface area contributed by atoms with Crippen molar-refractivity contribution in [2.75, 3.05) is 11.5 Å². The molecule has 6 aromatic carbocycles. The average molecular weight is 1310 g/mol. The van der Waals surface area contributed by atoms with E-state index in [-0.39, 0.29) is 7.43 Å². The highest BCUT2D eigenvalue weighted by atomic mass is 35.5. The Morgan fingerprint density at radius 2 is 0.760 bits per heavy atom. The molecule has 490 valence electrons. The van der Waals surface area contributed by atoms with E-state index in [1.165, 1.54) is 0 Å². The van der Waals surface area contributed by atoms with Crippen LogP contribution in [0.15, 0.2) is 219 Å². The van der Waals surface area contributed by atoms with Crippen molar-refractivity contribution in [2.24, 2.45) is 5.73 Å². The molecule has 16 nitrogen and oxygen atoms in total. The van der Waals surface area contributed by atoms with Crippen LogP contribution in [-0.4, -0.2) is 65.8 Å². The fourth-order valence-electron chi connectivity index (χ4n) is 9.81. The lowest BCUT2D eigenvalue weighted by atomic mass is 9.97. The van der Waals surface area contributed by atoms with E-state index in [0.717, 1.165) is 117 Å². The van der Waals surface area contributed by atoms with Gasteiger partial charge in [0, 0.05) is 87.8 Å². The normalized spacial score (nSPS) is 11.1. The molecule has 0 fully saturated rings. The molecule has 0 saturated carbocycles. The summed E-state index contributed by atoms with van der Waals surface area (Å²) in [6.07, 6.45) is -1.55. The molecule has 0 aliphatic carbocycles. The van der Waals surface area contributed by atoms with E-state index in [2.05, 4.69) is 80.2 Å². The first kappa shape index (κ1) is 70.7. The Labute approximate surface area is 560 Å². The summed E-state index contributed by atoms with van der Waals surface area (Å²) in [5, 5.41) is 8.51. The van der Waals surface area contributed by atoms with Gasteiger partial charge >= 0.3 is 18.4 Å². The first-order chi connectivity index (χ1) is 45.4. The Morgan fingerprint density at radius 1 is 0.458 bits per heavy atom. The number of hydrogen-bond donors (Lipinski definition) is 5. The number of benzene rings is 6. The predicted molar refractivity (Wildman–Crippen MR) is 378 cm³/mol. The number of fused-ring (bicyclic) bond motifs is 3. The maximum absolute atomic E-state index is 11.9. The van der Waals surface area contributed by atoms with E-state index < -0.39 is 35.9 Å². The SMILES string of the molecule is C.CC(C)(C)OC(=O)NCc1ccc(-c2nc3ccnc(Cl)c3cc2-c2ccccc2)cc1.CC(C)(C)OC(=O)NCc1ccc(-c2nc3ccnc(N)c3cc2-c2ccccc2)cc1.NCc1ccc(-c2nc3ccnc(N)c3cc2-c2ccccc2)cc1.O=CC(F)(F)F. The molecule has 0 unspecified atom stereocenters. The van der Waals surface area contributed by atoms with Gasteiger partial charge in [-0.2, -0.15) is 13.2 Å². The summed E-state index contributed by atoms with van der Waals surface area (Å²) in [6, 6.07) is 66.3. The summed E-state index contributed by atoms with van der Waals surface area (Å²) in [5.74, 6) is 0.953. The van der Waals surface area contributed by atoms with Crippen molar-refractivity contribution in [3.05, 3.63) is 241 Å². The molecule has 2 amide bonds. The maximum atomic E-state index is 11.9. The monoisotopic (exact) mass is 1310 g/mol. The number of anilines is 2. The fraction of sp³-hybridized carbons (Fsp3) is 0.171. The summed E-state index contributed by atoms with van der Waals surface area (Å²) >= 11 is 6.34.